The van der Waals surface area contributed by atoms with Gasteiger partial charge in [0.2, 0.25) is 0 Å². The second-order valence-corrected chi connectivity index (χ2v) is 5.05. The number of thiophene rings is 1. The van der Waals surface area contributed by atoms with E-state index < -0.39 is 0 Å². The van der Waals surface area contributed by atoms with Gasteiger partial charge < -0.3 is 5.32 Å². The molecule has 0 radical (unpaired) electrons. The second kappa shape index (κ2) is 5.12. The van der Waals surface area contributed by atoms with Crippen molar-refractivity contribution >= 4 is 17.0 Å². The first-order chi connectivity index (χ1) is 7.75. The second-order valence-electron chi connectivity index (χ2n) is 4.02. The summed E-state index contributed by atoms with van der Waals surface area (Å²) in [5, 5.41) is 5.61. The van der Waals surface area contributed by atoms with Crippen molar-refractivity contribution in [3.8, 4) is 0 Å². The van der Waals surface area contributed by atoms with Gasteiger partial charge in [-0.1, -0.05) is 6.07 Å². The molecule has 16 heavy (non-hydrogen) atoms. The predicted molar refractivity (Wildman–Crippen MR) is 70.1 cm³/mol. The molecule has 1 N–H and O–H groups in total. The summed E-state index contributed by atoms with van der Waals surface area (Å²) >= 11 is 1.81. The maximum Gasteiger partial charge on any atom is 0.0558 e. The number of anilines is 1. The van der Waals surface area contributed by atoms with Crippen molar-refractivity contribution in [3.05, 3.63) is 46.4 Å². The van der Waals surface area contributed by atoms with E-state index in [0.717, 1.165) is 12.1 Å². The molecule has 0 fully saturated rings. The SMILES string of the molecule is Cc1ccncc1NC(C)Cc1cccs1. The highest BCUT2D eigenvalue weighted by atomic mass is 32.1. The van der Waals surface area contributed by atoms with Crippen LogP contribution in [0.25, 0.3) is 0 Å². The van der Waals surface area contributed by atoms with E-state index >= 15 is 0 Å². The average Bonchev–Trinajstić information content (AvgIpc) is 2.74. The van der Waals surface area contributed by atoms with Crippen LogP contribution in [0.3, 0.4) is 0 Å². The number of hydrogen-bond acceptors (Lipinski definition) is 3. The Bertz CT molecular complexity index is 437. The standard InChI is InChI=1S/C13H16N2S/c1-10-5-6-14-9-13(10)15-11(2)8-12-4-3-7-16-12/h3-7,9,11,15H,8H2,1-2H3. The van der Waals surface area contributed by atoms with Gasteiger partial charge in [0.1, 0.15) is 0 Å². The van der Waals surface area contributed by atoms with Gasteiger partial charge in [-0.25, -0.2) is 0 Å². The van der Waals surface area contributed by atoms with Gasteiger partial charge in [-0.15, -0.1) is 11.3 Å². The van der Waals surface area contributed by atoms with Crippen LogP contribution in [0.2, 0.25) is 0 Å². The normalized spacial score (nSPS) is 12.4. The zero-order chi connectivity index (χ0) is 11.4. The number of hydrogen-bond donors (Lipinski definition) is 1. The molecule has 0 saturated heterocycles. The molecule has 0 aliphatic rings. The molecule has 0 bridgehead atoms. The summed E-state index contributed by atoms with van der Waals surface area (Å²) in [4.78, 5) is 5.55. The minimum Gasteiger partial charge on any atom is -0.381 e. The van der Waals surface area contributed by atoms with E-state index in [1.807, 2.05) is 29.8 Å². The summed E-state index contributed by atoms with van der Waals surface area (Å²) in [6, 6.07) is 6.74. The fraction of sp³-hybridized carbons (Fsp3) is 0.308. The van der Waals surface area contributed by atoms with Gasteiger partial charge in [0.15, 0.2) is 0 Å². The Hall–Kier alpha value is -1.35. The van der Waals surface area contributed by atoms with Gasteiger partial charge in [-0.05, 0) is 36.9 Å². The van der Waals surface area contributed by atoms with Crippen LogP contribution >= 0.6 is 11.3 Å². The molecule has 0 amide bonds. The maximum atomic E-state index is 4.14. The fourth-order valence-electron chi connectivity index (χ4n) is 1.66. The summed E-state index contributed by atoms with van der Waals surface area (Å²) in [6.07, 6.45) is 4.77. The maximum absolute atomic E-state index is 4.14. The molecule has 2 aromatic rings. The summed E-state index contributed by atoms with van der Waals surface area (Å²) < 4.78 is 0. The number of pyridine rings is 1. The number of aryl methyl sites for hydroxylation is 1. The van der Waals surface area contributed by atoms with E-state index in [-0.39, 0.29) is 0 Å². The summed E-state index contributed by atoms with van der Waals surface area (Å²) in [6.45, 7) is 4.30. The lowest BCUT2D eigenvalue weighted by molar-refractivity contribution is 0.798. The predicted octanol–water partition coefficient (Wildman–Crippen LogP) is 3.49. The number of nitrogens with one attached hydrogen (secondary N) is 1. The fourth-order valence-corrected chi connectivity index (χ4v) is 2.50. The Morgan fingerprint density at radius 3 is 3.00 bits per heavy atom. The molecule has 0 spiro atoms. The molecule has 2 aromatic heterocycles. The van der Waals surface area contributed by atoms with E-state index in [4.69, 9.17) is 0 Å². The van der Waals surface area contributed by atoms with Crippen molar-refractivity contribution in [2.24, 2.45) is 0 Å². The summed E-state index contributed by atoms with van der Waals surface area (Å²) in [5.74, 6) is 0. The first-order valence-electron chi connectivity index (χ1n) is 5.45. The zero-order valence-electron chi connectivity index (χ0n) is 9.60. The Morgan fingerprint density at radius 1 is 1.44 bits per heavy atom. The molecule has 0 aromatic carbocycles. The van der Waals surface area contributed by atoms with Gasteiger partial charge in [-0.3, -0.25) is 4.98 Å². The average molecular weight is 232 g/mol. The van der Waals surface area contributed by atoms with E-state index in [2.05, 4.69) is 41.7 Å². The summed E-state index contributed by atoms with van der Waals surface area (Å²) in [5.41, 5.74) is 2.37. The number of rotatable bonds is 4. The molecular weight excluding hydrogens is 216 g/mol. The smallest absolute Gasteiger partial charge is 0.0558 e. The highest BCUT2D eigenvalue weighted by Crippen LogP contribution is 2.16. The van der Waals surface area contributed by atoms with Crippen molar-refractivity contribution in [2.75, 3.05) is 5.32 Å². The third-order valence-electron chi connectivity index (χ3n) is 2.53. The quantitative estimate of drug-likeness (QED) is 0.872. The van der Waals surface area contributed by atoms with E-state index in [1.165, 1.54) is 10.4 Å². The van der Waals surface area contributed by atoms with Gasteiger partial charge in [0.25, 0.3) is 0 Å². The van der Waals surface area contributed by atoms with E-state index in [9.17, 15) is 0 Å². The van der Waals surface area contributed by atoms with Crippen LogP contribution in [-0.4, -0.2) is 11.0 Å². The van der Waals surface area contributed by atoms with Crippen molar-refractivity contribution in [3.63, 3.8) is 0 Å². The molecular formula is C13H16N2S. The Kier molecular flexibility index (Phi) is 3.57. The van der Waals surface area contributed by atoms with Crippen LogP contribution in [0.1, 0.15) is 17.4 Å². The topological polar surface area (TPSA) is 24.9 Å². The summed E-state index contributed by atoms with van der Waals surface area (Å²) in [7, 11) is 0. The largest absolute Gasteiger partial charge is 0.381 e. The highest BCUT2D eigenvalue weighted by Gasteiger charge is 2.05. The van der Waals surface area contributed by atoms with Crippen LogP contribution < -0.4 is 5.32 Å². The lowest BCUT2D eigenvalue weighted by Crippen LogP contribution is -2.18. The van der Waals surface area contributed by atoms with Gasteiger partial charge in [0.05, 0.1) is 11.9 Å². The van der Waals surface area contributed by atoms with Crippen LogP contribution in [0.15, 0.2) is 36.0 Å². The Balaban J connectivity index is 1.97. The van der Waals surface area contributed by atoms with Crippen molar-refractivity contribution in [2.45, 2.75) is 26.3 Å². The van der Waals surface area contributed by atoms with E-state index in [1.54, 1.807) is 0 Å². The molecule has 0 saturated carbocycles. The first kappa shape index (κ1) is 11.1. The van der Waals surface area contributed by atoms with Crippen LogP contribution in [0.4, 0.5) is 5.69 Å². The van der Waals surface area contributed by atoms with E-state index in [0.29, 0.717) is 6.04 Å². The zero-order valence-corrected chi connectivity index (χ0v) is 10.4. The third kappa shape index (κ3) is 2.83. The van der Waals surface area contributed by atoms with Crippen molar-refractivity contribution in [1.29, 1.82) is 0 Å². The lowest BCUT2D eigenvalue weighted by atomic mass is 10.2. The minimum absolute atomic E-state index is 0.432. The molecule has 1 atom stereocenters. The molecule has 1 unspecified atom stereocenters. The minimum atomic E-state index is 0.432. The number of nitrogens with zero attached hydrogens (tertiary/aromatic N) is 1. The van der Waals surface area contributed by atoms with Crippen LogP contribution in [-0.2, 0) is 6.42 Å². The Labute approximate surface area is 100 Å². The van der Waals surface area contributed by atoms with Crippen molar-refractivity contribution < 1.29 is 0 Å². The van der Waals surface area contributed by atoms with Gasteiger partial charge in [-0.2, -0.15) is 0 Å². The van der Waals surface area contributed by atoms with Crippen LogP contribution in [0, 0.1) is 6.92 Å². The monoisotopic (exact) mass is 232 g/mol. The third-order valence-corrected chi connectivity index (χ3v) is 3.43. The Morgan fingerprint density at radius 2 is 2.31 bits per heavy atom. The molecule has 0 aliphatic carbocycles. The first-order valence-corrected chi connectivity index (χ1v) is 6.33. The molecule has 84 valence electrons. The van der Waals surface area contributed by atoms with Gasteiger partial charge in [0, 0.05) is 23.5 Å². The highest BCUT2D eigenvalue weighted by molar-refractivity contribution is 7.09. The van der Waals surface area contributed by atoms with Crippen LogP contribution in [0.5, 0.6) is 0 Å². The molecule has 3 heteroatoms. The molecule has 2 rings (SSSR count). The lowest BCUT2D eigenvalue weighted by Gasteiger charge is -2.15. The van der Waals surface area contributed by atoms with Crippen molar-refractivity contribution in [1.82, 2.24) is 4.98 Å². The number of aromatic nitrogens is 1. The molecule has 2 heterocycles. The van der Waals surface area contributed by atoms with Gasteiger partial charge >= 0.3 is 0 Å². The molecule has 2 nitrogen and oxygen atoms in total. The molecule has 0 aliphatic heterocycles.